The molecule has 1 saturated heterocycles. The van der Waals surface area contributed by atoms with E-state index in [1.165, 1.54) is 6.07 Å². The van der Waals surface area contributed by atoms with Crippen LogP contribution in [0.15, 0.2) is 22.7 Å². The Labute approximate surface area is 149 Å². The van der Waals surface area contributed by atoms with E-state index in [4.69, 9.17) is 9.47 Å². The number of benzene rings is 1. The summed E-state index contributed by atoms with van der Waals surface area (Å²) in [6.45, 7) is 6.49. The number of rotatable bonds is 3. The fraction of sp³-hybridized carbons (Fsp3) is 0.562. The van der Waals surface area contributed by atoms with Crippen LogP contribution in [0.25, 0.3) is 0 Å². The first-order valence-corrected chi connectivity index (χ1v) is 8.53. The molecular weight excluding hydrogens is 380 g/mol. The third kappa shape index (κ3) is 5.09. The molecule has 0 aliphatic carbocycles. The van der Waals surface area contributed by atoms with E-state index < -0.39 is 10.5 Å². The number of nitrogens with zero attached hydrogens (tertiary/aromatic N) is 2. The van der Waals surface area contributed by atoms with Gasteiger partial charge in [0.25, 0.3) is 0 Å². The number of ether oxygens (including phenoxy) is 2. The normalized spacial score (nSPS) is 15.9. The predicted molar refractivity (Wildman–Crippen MR) is 92.3 cm³/mol. The van der Waals surface area contributed by atoms with Gasteiger partial charge in [-0.3, -0.25) is 10.1 Å². The molecule has 0 atom stereocenters. The minimum atomic E-state index is -0.525. The van der Waals surface area contributed by atoms with Crippen LogP contribution >= 0.6 is 15.9 Å². The Kier molecular flexibility index (Phi) is 5.69. The number of carbonyl (C=O) groups excluding carboxylic acids is 1. The van der Waals surface area contributed by atoms with E-state index in [1.54, 1.807) is 17.0 Å². The SMILES string of the molecule is CC(C)(C)OC(=O)N1CCC(Oc2ccc(Br)cc2[N+](=O)[O-])CC1. The van der Waals surface area contributed by atoms with Crippen LogP contribution in [-0.2, 0) is 4.74 Å². The second-order valence-electron chi connectivity index (χ2n) is 6.65. The van der Waals surface area contributed by atoms with Crippen molar-refractivity contribution in [1.82, 2.24) is 4.90 Å². The van der Waals surface area contributed by atoms with E-state index in [2.05, 4.69) is 15.9 Å². The molecule has 8 heteroatoms. The molecule has 1 amide bonds. The number of nitro benzene ring substituents is 1. The number of carbonyl (C=O) groups is 1. The van der Waals surface area contributed by atoms with Crippen LogP contribution in [0, 0.1) is 10.1 Å². The number of amides is 1. The summed E-state index contributed by atoms with van der Waals surface area (Å²) in [5.74, 6) is 0.249. The summed E-state index contributed by atoms with van der Waals surface area (Å²) in [5, 5.41) is 11.1. The maximum Gasteiger partial charge on any atom is 0.410 e. The fourth-order valence-electron chi connectivity index (χ4n) is 2.40. The van der Waals surface area contributed by atoms with Crippen LogP contribution in [0.5, 0.6) is 5.75 Å². The number of piperidine rings is 1. The molecule has 1 aromatic carbocycles. The molecule has 0 radical (unpaired) electrons. The molecule has 1 aliphatic heterocycles. The lowest BCUT2D eigenvalue weighted by Crippen LogP contribution is -2.44. The molecule has 0 spiro atoms. The van der Waals surface area contributed by atoms with Gasteiger partial charge in [0.15, 0.2) is 5.75 Å². The second-order valence-corrected chi connectivity index (χ2v) is 7.57. The van der Waals surface area contributed by atoms with Crippen LogP contribution in [0.1, 0.15) is 33.6 Å². The van der Waals surface area contributed by atoms with Gasteiger partial charge < -0.3 is 14.4 Å². The van der Waals surface area contributed by atoms with Crippen molar-refractivity contribution in [2.24, 2.45) is 0 Å². The Balaban J connectivity index is 1.94. The third-order valence-corrected chi connectivity index (χ3v) is 4.00. The van der Waals surface area contributed by atoms with Crippen LogP contribution in [-0.4, -0.2) is 40.7 Å². The lowest BCUT2D eigenvalue weighted by atomic mass is 10.1. The van der Waals surface area contributed by atoms with Gasteiger partial charge in [0.1, 0.15) is 11.7 Å². The summed E-state index contributed by atoms with van der Waals surface area (Å²) >= 11 is 3.22. The lowest BCUT2D eigenvalue weighted by Gasteiger charge is -2.33. The molecule has 0 unspecified atom stereocenters. The average Bonchev–Trinajstić information content (AvgIpc) is 2.48. The van der Waals surface area contributed by atoms with Gasteiger partial charge >= 0.3 is 11.8 Å². The monoisotopic (exact) mass is 400 g/mol. The zero-order chi connectivity index (χ0) is 17.9. The molecule has 132 valence electrons. The van der Waals surface area contributed by atoms with Crippen molar-refractivity contribution in [1.29, 1.82) is 0 Å². The highest BCUT2D eigenvalue weighted by atomic mass is 79.9. The second kappa shape index (κ2) is 7.38. The van der Waals surface area contributed by atoms with Crippen molar-refractivity contribution in [3.8, 4) is 5.75 Å². The molecule has 24 heavy (non-hydrogen) atoms. The Morgan fingerprint density at radius 3 is 2.50 bits per heavy atom. The van der Waals surface area contributed by atoms with Crippen LogP contribution in [0.2, 0.25) is 0 Å². The molecule has 0 aromatic heterocycles. The predicted octanol–water partition coefficient (Wildman–Crippen LogP) is 4.14. The zero-order valence-corrected chi connectivity index (χ0v) is 15.5. The van der Waals surface area contributed by atoms with E-state index in [1.807, 2.05) is 20.8 Å². The number of likely N-dealkylation sites (tertiary alicyclic amines) is 1. The molecule has 7 nitrogen and oxygen atoms in total. The van der Waals surface area contributed by atoms with Crippen molar-refractivity contribution in [3.63, 3.8) is 0 Å². The molecule has 1 fully saturated rings. The lowest BCUT2D eigenvalue weighted by molar-refractivity contribution is -0.386. The number of nitro groups is 1. The minimum absolute atomic E-state index is 0.0704. The molecule has 2 rings (SSSR count). The topological polar surface area (TPSA) is 81.9 Å². The smallest absolute Gasteiger partial charge is 0.410 e. The van der Waals surface area contributed by atoms with E-state index in [0.29, 0.717) is 30.4 Å². The first-order chi connectivity index (χ1) is 11.2. The Bertz CT molecular complexity index is 621. The fourth-order valence-corrected chi connectivity index (χ4v) is 2.74. The van der Waals surface area contributed by atoms with Gasteiger partial charge in [-0.1, -0.05) is 15.9 Å². The number of halogens is 1. The third-order valence-electron chi connectivity index (χ3n) is 3.50. The Morgan fingerprint density at radius 2 is 1.96 bits per heavy atom. The highest BCUT2D eigenvalue weighted by Crippen LogP contribution is 2.32. The van der Waals surface area contributed by atoms with Gasteiger partial charge in [-0.05, 0) is 32.9 Å². The zero-order valence-electron chi connectivity index (χ0n) is 14.0. The van der Waals surface area contributed by atoms with E-state index in [9.17, 15) is 14.9 Å². The summed E-state index contributed by atoms with van der Waals surface area (Å²) in [5.41, 5.74) is -0.596. The first-order valence-electron chi connectivity index (χ1n) is 7.74. The van der Waals surface area contributed by atoms with Crippen LogP contribution in [0.3, 0.4) is 0 Å². The average molecular weight is 401 g/mol. The minimum Gasteiger partial charge on any atom is -0.483 e. The Morgan fingerprint density at radius 1 is 1.33 bits per heavy atom. The van der Waals surface area contributed by atoms with Gasteiger partial charge in [0, 0.05) is 36.5 Å². The quantitative estimate of drug-likeness (QED) is 0.562. The summed E-state index contributed by atoms with van der Waals surface area (Å²) < 4.78 is 11.8. The molecule has 1 heterocycles. The molecular formula is C16H21BrN2O5. The van der Waals surface area contributed by atoms with Gasteiger partial charge in [-0.2, -0.15) is 0 Å². The highest BCUT2D eigenvalue weighted by molar-refractivity contribution is 9.10. The molecule has 0 bridgehead atoms. The van der Waals surface area contributed by atoms with Crippen molar-refractivity contribution in [2.45, 2.75) is 45.3 Å². The number of hydrogen-bond acceptors (Lipinski definition) is 5. The number of hydrogen-bond donors (Lipinski definition) is 0. The summed E-state index contributed by atoms with van der Waals surface area (Å²) in [7, 11) is 0. The van der Waals surface area contributed by atoms with E-state index in [-0.39, 0.29) is 23.6 Å². The Hall–Kier alpha value is -1.83. The van der Waals surface area contributed by atoms with E-state index in [0.717, 1.165) is 0 Å². The van der Waals surface area contributed by atoms with Gasteiger partial charge in [0.05, 0.1) is 4.92 Å². The van der Waals surface area contributed by atoms with Gasteiger partial charge in [-0.25, -0.2) is 4.79 Å². The summed E-state index contributed by atoms with van der Waals surface area (Å²) in [6, 6.07) is 4.71. The summed E-state index contributed by atoms with van der Waals surface area (Å²) in [4.78, 5) is 24.3. The van der Waals surface area contributed by atoms with Crippen molar-refractivity contribution < 1.29 is 19.2 Å². The highest BCUT2D eigenvalue weighted by Gasteiger charge is 2.28. The standard InChI is InChI=1S/C16H21BrN2O5/c1-16(2,3)24-15(20)18-8-6-12(7-9-18)23-14-5-4-11(17)10-13(14)19(21)22/h4-5,10,12H,6-9H2,1-3H3. The summed E-state index contributed by atoms with van der Waals surface area (Å²) in [6.07, 6.45) is 0.706. The van der Waals surface area contributed by atoms with Crippen molar-refractivity contribution in [3.05, 3.63) is 32.8 Å². The van der Waals surface area contributed by atoms with E-state index >= 15 is 0 Å². The first kappa shape index (κ1) is 18.5. The molecule has 1 aliphatic rings. The van der Waals surface area contributed by atoms with Crippen LogP contribution < -0.4 is 4.74 Å². The van der Waals surface area contributed by atoms with Gasteiger partial charge in [0.2, 0.25) is 0 Å². The largest absolute Gasteiger partial charge is 0.483 e. The van der Waals surface area contributed by atoms with Gasteiger partial charge in [-0.15, -0.1) is 0 Å². The molecule has 0 N–H and O–H groups in total. The van der Waals surface area contributed by atoms with Crippen molar-refractivity contribution >= 4 is 27.7 Å². The molecule has 0 saturated carbocycles. The maximum atomic E-state index is 12.0. The molecule has 1 aromatic rings. The van der Waals surface area contributed by atoms with Crippen molar-refractivity contribution in [2.75, 3.05) is 13.1 Å². The van der Waals surface area contributed by atoms with Crippen LogP contribution in [0.4, 0.5) is 10.5 Å². The maximum absolute atomic E-state index is 12.0.